The zero-order valence-electron chi connectivity index (χ0n) is 11.7. The van der Waals surface area contributed by atoms with E-state index in [1.165, 1.54) is 50.5 Å². The highest BCUT2D eigenvalue weighted by Gasteiger charge is 2.23. The van der Waals surface area contributed by atoms with E-state index in [1.807, 2.05) is 0 Å². The Labute approximate surface area is 116 Å². The van der Waals surface area contributed by atoms with Crippen LogP contribution >= 0.6 is 0 Å². The molecule has 2 aliphatic carbocycles. The summed E-state index contributed by atoms with van der Waals surface area (Å²) in [6, 6.07) is 8.61. The second-order valence-corrected chi connectivity index (χ2v) is 6.22. The van der Waals surface area contributed by atoms with E-state index in [0.717, 1.165) is 18.1 Å². The molecule has 2 nitrogen and oxygen atoms in total. The van der Waals surface area contributed by atoms with E-state index in [4.69, 9.17) is 10.5 Å². The van der Waals surface area contributed by atoms with E-state index in [9.17, 15) is 0 Å². The van der Waals surface area contributed by atoms with Gasteiger partial charge in [0.25, 0.3) is 0 Å². The van der Waals surface area contributed by atoms with Crippen LogP contribution in [0.3, 0.4) is 0 Å². The molecule has 0 aromatic heterocycles. The third-order valence-corrected chi connectivity index (χ3v) is 4.50. The highest BCUT2D eigenvalue weighted by atomic mass is 16.5. The summed E-state index contributed by atoms with van der Waals surface area (Å²) in [7, 11) is 0. The van der Waals surface area contributed by atoms with Crippen molar-refractivity contribution in [2.45, 2.75) is 63.5 Å². The van der Waals surface area contributed by atoms with Gasteiger partial charge in [-0.1, -0.05) is 37.8 Å². The number of nitrogens with two attached hydrogens (primary N) is 1. The van der Waals surface area contributed by atoms with Gasteiger partial charge in [-0.15, -0.1) is 0 Å². The van der Waals surface area contributed by atoms with Gasteiger partial charge in [-0.25, -0.2) is 0 Å². The Morgan fingerprint density at radius 1 is 1.05 bits per heavy atom. The zero-order chi connectivity index (χ0) is 13.1. The molecule has 0 radical (unpaired) electrons. The summed E-state index contributed by atoms with van der Waals surface area (Å²) in [5, 5.41) is 0. The Morgan fingerprint density at radius 3 is 2.37 bits per heavy atom. The number of ether oxygens (including phenoxy) is 1. The van der Waals surface area contributed by atoms with E-state index < -0.39 is 0 Å². The van der Waals surface area contributed by atoms with Gasteiger partial charge in [0.05, 0.1) is 6.10 Å². The first-order chi connectivity index (χ1) is 9.31. The molecule has 2 fully saturated rings. The van der Waals surface area contributed by atoms with Crippen LogP contribution in [0.5, 0.6) is 5.75 Å². The number of rotatable bonds is 6. The Hall–Kier alpha value is -1.02. The van der Waals surface area contributed by atoms with E-state index in [1.54, 1.807) is 0 Å². The van der Waals surface area contributed by atoms with Crippen LogP contribution in [0.15, 0.2) is 24.3 Å². The molecule has 2 aliphatic rings. The van der Waals surface area contributed by atoms with Crippen LogP contribution in [0.2, 0.25) is 0 Å². The highest BCUT2D eigenvalue weighted by molar-refractivity contribution is 5.29. The van der Waals surface area contributed by atoms with Crippen LogP contribution in [-0.4, -0.2) is 6.10 Å². The van der Waals surface area contributed by atoms with Crippen molar-refractivity contribution in [3.05, 3.63) is 29.8 Å². The minimum atomic E-state index is 0.190. The molecule has 1 aromatic carbocycles. The Balaban J connectivity index is 1.48. The topological polar surface area (TPSA) is 35.2 Å². The van der Waals surface area contributed by atoms with Crippen molar-refractivity contribution in [1.82, 2.24) is 0 Å². The molecule has 0 bridgehead atoms. The lowest BCUT2D eigenvalue weighted by molar-refractivity contribution is 0.303. The Kier molecular flexibility index (Phi) is 4.07. The van der Waals surface area contributed by atoms with Crippen LogP contribution in [0, 0.1) is 5.92 Å². The highest BCUT2D eigenvalue weighted by Crippen LogP contribution is 2.31. The van der Waals surface area contributed by atoms with Gasteiger partial charge in [-0.2, -0.15) is 0 Å². The molecule has 2 heteroatoms. The van der Waals surface area contributed by atoms with Crippen molar-refractivity contribution in [2.75, 3.05) is 0 Å². The first kappa shape index (κ1) is 13.0. The van der Waals surface area contributed by atoms with Crippen molar-refractivity contribution in [3.8, 4) is 5.75 Å². The molecule has 2 saturated carbocycles. The molecule has 2 N–H and O–H groups in total. The minimum absolute atomic E-state index is 0.190. The van der Waals surface area contributed by atoms with E-state index in [0.29, 0.717) is 6.10 Å². The fraction of sp³-hybridized carbons (Fsp3) is 0.647. The van der Waals surface area contributed by atoms with Crippen LogP contribution in [0.4, 0.5) is 0 Å². The molecule has 19 heavy (non-hydrogen) atoms. The fourth-order valence-electron chi connectivity index (χ4n) is 3.05. The molecule has 3 rings (SSSR count). The standard InChI is InChI=1S/C17H25NO/c18-17(12-5-13-3-1-2-4-13)14-6-8-15(9-7-14)19-16-10-11-16/h6-9,13,16-17H,1-5,10-12,18H2. The molecule has 0 saturated heterocycles. The summed E-state index contributed by atoms with van der Waals surface area (Å²) >= 11 is 0. The molecule has 104 valence electrons. The first-order valence-electron chi connectivity index (χ1n) is 7.83. The maximum Gasteiger partial charge on any atom is 0.119 e. The first-order valence-corrected chi connectivity index (χ1v) is 7.83. The second kappa shape index (κ2) is 5.96. The molecule has 0 amide bonds. The van der Waals surface area contributed by atoms with E-state index >= 15 is 0 Å². The molecule has 1 aromatic rings. The van der Waals surface area contributed by atoms with Gasteiger partial charge >= 0.3 is 0 Å². The van der Waals surface area contributed by atoms with Gasteiger partial charge < -0.3 is 10.5 Å². The molecule has 1 unspecified atom stereocenters. The summed E-state index contributed by atoms with van der Waals surface area (Å²) in [5.74, 6) is 1.93. The van der Waals surface area contributed by atoms with Crippen molar-refractivity contribution >= 4 is 0 Å². The van der Waals surface area contributed by atoms with Gasteiger partial charge in [0.1, 0.15) is 5.75 Å². The van der Waals surface area contributed by atoms with Gasteiger partial charge in [0.2, 0.25) is 0 Å². The third-order valence-electron chi connectivity index (χ3n) is 4.50. The summed E-state index contributed by atoms with van der Waals surface area (Å²) in [4.78, 5) is 0. The largest absolute Gasteiger partial charge is 0.490 e. The van der Waals surface area contributed by atoms with Crippen molar-refractivity contribution in [3.63, 3.8) is 0 Å². The monoisotopic (exact) mass is 259 g/mol. The lowest BCUT2D eigenvalue weighted by atomic mass is 9.95. The lowest BCUT2D eigenvalue weighted by Gasteiger charge is -2.15. The van der Waals surface area contributed by atoms with Crippen molar-refractivity contribution in [2.24, 2.45) is 11.7 Å². The molecular formula is C17H25NO. The maximum absolute atomic E-state index is 6.30. The summed E-state index contributed by atoms with van der Waals surface area (Å²) in [5.41, 5.74) is 7.55. The zero-order valence-corrected chi connectivity index (χ0v) is 11.7. The smallest absolute Gasteiger partial charge is 0.119 e. The quantitative estimate of drug-likeness (QED) is 0.831. The minimum Gasteiger partial charge on any atom is -0.490 e. The molecule has 0 heterocycles. The third kappa shape index (κ3) is 3.73. The van der Waals surface area contributed by atoms with Crippen LogP contribution < -0.4 is 10.5 Å². The summed E-state index contributed by atoms with van der Waals surface area (Å²) in [6.45, 7) is 0. The molecule has 0 aliphatic heterocycles. The van der Waals surface area contributed by atoms with Crippen LogP contribution in [0.25, 0.3) is 0 Å². The van der Waals surface area contributed by atoms with Crippen molar-refractivity contribution in [1.29, 1.82) is 0 Å². The molecular weight excluding hydrogens is 234 g/mol. The number of hydrogen-bond acceptors (Lipinski definition) is 2. The average molecular weight is 259 g/mol. The van der Waals surface area contributed by atoms with E-state index in [2.05, 4.69) is 24.3 Å². The lowest BCUT2D eigenvalue weighted by Crippen LogP contribution is -2.11. The van der Waals surface area contributed by atoms with E-state index in [-0.39, 0.29) is 6.04 Å². The summed E-state index contributed by atoms with van der Waals surface area (Å²) < 4.78 is 5.76. The maximum atomic E-state index is 6.30. The fourth-order valence-corrected chi connectivity index (χ4v) is 3.05. The summed E-state index contributed by atoms with van der Waals surface area (Å²) in [6.07, 6.45) is 11.0. The van der Waals surface area contributed by atoms with Gasteiger partial charge in [0.15, 0.2) is 0 Å². The molecule has 0 spiro atoms. The Bertz CT molecular complexity index is 390. The van der Waals surface area contributed by atoms with Gasteiger partial charge in [0, 0.05) is 6.04 Å². The SMILES string of the molecule is NC(CCC1CCCC1)c1ccc(OC2CC2)cc1. The molecule has 1 atom stereocenters. The normalized spacial score (nSPS) is 21.5. The van der Waals surface area contributed by atoms with Crippen LogP contribution in [-0.2, 0) is 0 Å². The second-order valence-electron chi connectivity index (χ2n) is 6.22. The number of hydrogen-bond donors (Lipinski definition) is 1. The van der Waals surface area contributed by atoms with Crippen molar-refractivity contribution < 1.29 is 4.74 Å². The van der Waals surface area contributed by atoms with Gasteiger partial charge in [-0.3, -0.25) is 0 Å². The predicted octanol–water partition coefficient (Wildman–Crippen LogP) is 4.20. The Morgan fingerprint density at radius 2 is 1.74 bits per heavy atom. The average Bonchev–Trinajstić information content (AvgIpc) is 3.09. The number of benzene rings is 1. The van der Waals surface area contributed by atoms with Crippen LogP contribution in [0.1, 0.15) is 63.0 Å². The predicted molar refractivity (Wildman–Crippen MR) is 78.2 cm³/mol. The van der Waals surface area contributed by atoms with Gasteiger partial charge in [-0.05, 0) is 49.3 Å².